The van der Waals surface area contributed by atoms with E-state index in [2.05, 4.69) is 20.6 Å². The van der Waals surface area contributed by atoms with Crippen LogP contribution in [0.3, 0.4) is 0 Å². The number of carbonyl (C=O) groups is 2. The Kier molecular flexibility index (Phi) is 4.03. The van der Waals surface area contributed by atoms with Crippen LogP contribution in [0.4, 0.5) is 4.79 Å². The zero-order chi connectivity index (χ0) is 13.8. The molecule has 0 saturated heterocycles. The summed E-state index contributed by atoms with van der Waals surface area (Å²) in [6.07, 6.45) is 1.74. The molecule has 0 radical (unpaired) electrons. The molecule has 0 aromatic carbocycles. The molecule has 0 aliphatic heterocycles. The summed E-state index contributed by atoms with van der Waals surface area (Å²) in [5.74, 6) is -0.416. The molecule has 8 heteroatoms. The normalized spacial score (nSPS) is 10.4. The van der Waals surface area contributed by atoms with Gasteiger partial charge < -0.3 is 0 Å². The summed E-state index contributed by atoms with van der Waals surface area (Å²) in [6, 6.07) is 5.45. The van der Waals surface area contributed by atoms with Crippen LogP contribution in [-0.4, -0.2) is 27.6 Å². The zero-order valence-corrected chi connectivity index (χ0v) is 11.2. The number of hydrazine groups is 1. The number of imidazole rings is 1. The van der Waals surface area contributed by atoms with Gasteiger partial charge in [0.1, 0.15) is 11.3 Å². The molecule has 3 N–H and O–H groups in total. The monoisotopic (exact) mass is 279 g/mol. The smallest absolute Gasteiger partial charge is 0.295 e. The van der Waals surface area contributed by atoms with Crippen LogP contribution in [-0.2, 0) is 0 Å². The van der Waals surface area contributed by atoms with Crippen molar-refractivity contribution in [3.63, 3.8) is 0 Å². The first kappa shape index (κ1) is 13.4. The third-order valence-electron chi connectivity index (χ3n) is 2.39. The topological polar surface area (TPSA) is 87.5 Å². The molecule has 2 aromatic heterocycles. The lowest BCUT2D eigenvalue weighted by molar-refractivity contribution is 0.0932. The van der Waals surface area contributed by atoms with Crippen molar-refractivity contribution in [1.29, 1.82) is 0 Å². The molecule has 0 unspecified atom stereocenters. The summed E-state index contributed by atoms with van der Waals surface area (Å²) in [5, 5.41) is -0.401. The molecule has 0 fully saturated rings. The fourth-order valence-corrected chi connectivity index (χ4v) is 1.96. The fourth-order valence-electron chi connectivity index (χ4n) is 1.67. The summed E-state index contributed by atoms with van der Waals surface area (Å²) in [4.78, 5) is 27.5. The van der Waals surface area contributed by atoms with Crippen LogP contribution in [0, 0.1) is 6.92 Å². The minimum atomic E-state index is -0.416. The molecule has 100 valence electrons. The second-order valence-electron chi connectivity index (χ2n) is 3.65. The van der Waals surface area contributed by atoms with E-state index < -0.39 is 11.1 Å². The Bertz CT molecular complexity index is 625. The highest BCUT2D eigenvalue weighted by atomic mass is 32.2. The van der Waals surface area contributed by atoms with Gasteiger partial charge in [-0.1, -0.05) is 6.07 Å². The Balaban J connectivity index is 2.17. The Morgan fingerprint density at radius 1 is 1.32 bits per heavy atom. The summed E-state index contributed by atoms with van der Waals surface area (Å²) in [5.41, 5.74) is 6.30. The number of carbonyl (C=O) groups excluding carboxylic acids is 2. The van der Waals surface area contributed by atoms with Crippen LogP contribution < -0.4 is 15.6 Å². The Hall–Kier alpha value is -2.06. The maximum absolute atomic E-state index is 12.0. The molecule has 0 bridgehead atoms. The first-order valence-electron chi connectivity index (χ1n) is 5.51. The molecular formula is C11H13N5O2S. The van der Waals surface area contributed by atoms with E-state index in [0.717, 1.165) is 11.9 Å². The number of hydrogen-bond acceptors (Lipinski definition) is 5. The van der Waals surface area contributed by atoms with Crippen molar-refractivity contribution >= 4 is 28.7 Å². The van der Waals surface area contributed by atoms with Gasteiger partial charge in [-0.05, 0) is 26.1 Å². The average molecular weight is 279 g/mol. The molecule has 0 saturated carbocycles. The van der Waals surface area contributed by atoms with Crippen molar-refractivity contribution in [2.75, 3.05) is 7.05 Å². The van der Waals surface area contributed by atoms with Crippen molar-refractivity contribution in [3.8, 4) is 0 Å². The van der Waals surface area contributed by atoms with Crippen LogP contribution in [0.15, 0.2) is 24.4 Å². The van der Waals surface area contributed by atoms with E-state index in [9.17, 15) is 9.59 Å². The molecule has 0 atom stereocenters. The van der Waals surface area contributed by atoms with Crippen molar-refractivity contribution in [3.05, 3.63) is 35.8 Å². The van der Waals surface area contributed by atoms with Gasteiger partial charge in [0.15, 0.2) is 0 Å². The van der Waals surface area contributed by atoms with Crippen LogP contribution in [0.5, 0.6) is 0 Å². The highest BCUT2D eigenvalue weighted by molar-refractivity contribution is 8.11. The number of rotatable bonds is 2. The van der Waals surface area contributed by atoms with E-state index in [1.165, 1.54) is 0 Å². The maximum atomic E-state index is 12.0. The lowest BCUT2D eigenvalue weighted by Gasteiger charge is -2.06. The summed E-state index contributed by atoms with van der Waals surface area (Å²) < 4.78 is 4.27. The number of nitrogens with one attached hydrogen (secondary N) is 3. The first-order valence-corrected chi connectivity index (χ1v) is 6.32. The Morgan fingerprint density at radius 2 is 2.11 bits per heavy atom. The minimum absolute atomic E-state index is 0.394. The zero-order valence-electron chi connectivity index (χ0n) is 10.4. The third kappa shape index (κ3) is 2.85. The van der Waals surface area contributed by atoms with Gasteiger partial charge in [0.05, 0.1) is 5.69 Å². The summed E-state index contributed by atoms with van der Waals surface area (Å²) in [7, 11) is 1.61. The van der Waals surface area contributed by atoms with E-state index in [1.807, 2.05) is 6.07 Å². The van der Waals surface area contributed by atoms with Crippen LogP contribution in [0.1, 0.15) is 16.2 Å². The largest absolute Gasteiger partial charge is 0.312 e. The second kappa shape index (κ2) is 5.72. The first-order chi connectivity index (χ1) is 9.13. The number of fused-ring (bicyclic) bond motifs is 1. The Labute approximate surface area is 113 Å². The van der Waals surface area contributed by atoms with Gasteiger partial charge in [0, 0.05) is 18.1 Å². The SMILES string of the molecule is CNSC(=O)NNC(=O)c1c(C)nc2ccccn12. The predicted molar refractivity (Wildman–Crippen MR) is 72.6 cm³/mol. The summed E-state index contributed by atoms with van der Waals surface area (Å²) >= 11 is 0.841. The number of aryl methyl sites for hydroxylation is 1. The van der Waals surface area contributed by atoms with Gasteiger partial charge in [-0.3, -0.25) is 29.6 Å². The highest BCUT2D eigenvalue weighted by Crippen LogP contribution is 2.11. The molecule has 2 rings (SSSR count). The van der Waals surface area contributed by atoms with Crippen LogP contribution in [0.2, 0.25) is 0 Å². The maximum Gasteiger partial charge on any atom is 0.312 e. The van der Waals surface area contributed by atoms with Gasteiger partial charge >= 0.3 is 5.24 Å². The molecule has 0 aliphatic carbocycles. The van der Waals surface area contributed by atoms with E-state index in [0.29, 0.717) is 17.0 Å². The van der Waals surface area contributed by atoms with Crippen molar-refractivity contribution in [2.24, 2.45) is 0 Å². The third-order valence-corrected chi connectivity index (χ3v) is 2.88. The van der Waals surface area contributed by atoms with Gasteiger partial charge in [-0.15, -0.1) is 0 Å². The molecule has 19 heavy (non-hydrogen) atoms. The lowest BCUT2D eigenvalue weighted by atomic mass is 10.3. The van der Waals surface area contributed by atoms with E-state index in [-0.39, 0.29) is 0 Å². The molecule has 2 heterocycles. The molecular weight excluding hydrogens is 266 g/mol. The molecule has 2 amide bonds. The average Bonchev–Trinajstić information content (AvgIpc) is 2.72. The molecule has 2 aromatic rings. The van der Waals surface area contributed by atoms with Gasteiger partial charge in [0.25, 0.3) is 5.91 Å². The van der Waals surface area contributed by atoms with E-state index >= 15 is 0 Å². The number of amides is 2. The fraction of sp³-hybridized carbons (Fsp3) is 0.182. The number of aromatic nitrogens is 2. The molecule has 0 aliphatic rings. The van der Waals surface area contributed by atoms with Gasteiger partial charge in [0.2, 0.25) is 0 Å². The summed E-state index contributed by atoms with van der Waals surface area (Å²) in [6.45, 7) is 1.74. The molecule has 0 spiro atoms. The van der Waals surface area contributed by atoms with Gasteiger partial charge in [-0.2, -0.15) is 0 Å². The van der Waals surface area contributed by atoms with E-state index in [4.69, 9.17) is 0 Å². The number of nitrogens with zero attached hydrogens (tertiary/aromatic N) is 2. The van der Waals surface area contributed by atoms with Crippen molar-refractivity contribution < 1.29 is 9.59 Å². The number of pyridine rings is 1. The predicted octanol–water partition coefficient (Wildman–Crippen LogP) is 0.865. The quantitative estimate of drug-likeness (QED) is 0.561. The minimum Gasteiger partial charge on any atom is -0.295 e. The van der Waals surface area contributed by atoms with Crippen LogP contribution in [0.25, 0.3) is 5.65 Å². The lowest BCUT2D eigenvalue weighted by Crippen LogP contribution is -2.41. The van der Waals surface area contributed by atoms with Gasteiger partial charge in [-0.25, -0.2) is 4.98 Å². The Morgan fingerprint density at radius 3 is 2.84 bits per heavy atom. The molecule has 7 nitrogen and oxygen atoms in total. The van der Waals surface area contributed by atoms with Crippen molar-refractivity contribution in [1.82, 2.24) is 25.0 Å². The van der Waals surface area contributed by atoms with Crippen LogP contribution >= 0.6 is 11.9 Å². The second-order valence-corrected chi connectivity index (χ2v) is 4.63. The standard InChI is InChI=1S/C11H13N5O2S/c1-7-9(10(17)14-15-11(18)19-12-2)16-6-4-3-5-8(16)13-7/h3-6,12H,1-2H3,(H,14,17)(H,15,18). The van der Waals surface area contributed by atoms with E-state index in [1.54, 1.807) is 36.7 Å². The van der Waals surface area contributed by atoms with Crippen molar-refractivity contribution in [2.45, 2.75) is 6.92 Å². The highest BCUT2D eigenvalue weighted by Gasteiger charge is 2.16. The number of hydrogen-bond donors (Lipinski definition) is 3.